The third-order valence-electron chi connectivity index (χ3n) is 5.91. The number of carbonyl (C=O) groups excluding carboxylic acids is 4. The van der Waals surface area contributed by atoms with Gasteiger partial charge in [0.2, 0.25) is 5.91 Å². The van der Waals surface area contributed by atoms with Gasteiger partial charge < -0.3 is 20.6 Å². The number of sulfone groups is 1. The number of nitrogens with one attached hydrogen (secondary N) is 1. The number of aliphatic carboxylic acids is 3. The van der Waals surface area contributed by atoms with E-state index < -0.39 is 62.9 Å². The molecular weight excluding hydrogens is 538 g/mol. The number of amides is 1. The summed E-state index contributed by atoms with van der Waals surface area (Å²) < 4.78 is 24.0. The summed E-state index contributed by atoms with van der Waals surface area (Å²) in [4.78, 5) is 80.6. The second-order valence-corrected chi connectivity index (χ2v) is 11.6. The van der Waals surface area contributed by atoms with Crippen LogP contribution in [-0.2, 0) is 43.4 Å². The number of ketones is 3. The molecule has 4 N–H and O–H groups in total. The zero-order valence-corrected chi connectivity index (χ0v) is 23.0. The first-order valence-electron chi connectivity index (χ1n) is 12.9. The van der Waals surface area contributed by atoms with E-state index in [9.17, 15) is 47.1 Å². The van der Waals surface area contributed by atoms with E-state index in [4.69, 9.17) is 10.2 Å². The fraction of sp³-hybridized carbons (Fsp3) is 0.720. The van der Waals surface area contributed by atoms with Crippen LogP contribution in [0.4, 0.5) is 0 Å². The van der Waals surface area contributed by atoms with Crippen molar-refractivity contribution < 1.29 is 57.3 Å². The van der Waals surface area contributed by atoms with Crippen molar-refractivity contribution in [3.05, 3.63) is 0 Å². The van der Waals surface area contributed by atoms with Crippen molar-refractivity contribution in [2.24, 2.45) is 5.92 Å². The number of carboxylic acid groups (broad SMARTS) is 3. The molecule has 13 nitrogen and oxygen atoms in total. The molecule has 0 aliphatic carbocycles. The fourth-order valence-corrected chi connectivity index (χ4v) is 5.02. The van der Waals surface area contributed by atoms with E-state index in [1.165, 1.54) is 0 Å². The van der Waals surface area contributed by atoms with E-state index in [-0.39, 0.29) is 88.6 Å². The van der Waals surface area contributed by atoms with Crippen LogP contribution in [0.5, 0.6) is 0 Å². The zero-order chi connectivity index (χ0) is 30.0. The standard InChI is InChI=1S/C25H39NO12S/c1-2-17(24(33)34)15-19(28)12-13-21(25(35)36)26-22(30)10-4-3-7-18(27)9-6-14-39(37,38)16-20(29)8-5-11-23(31)32/h17,21H,2-16H2,1H3,(H,26,30)(H,31,32)(H,33,34)(H,35,36). The lowest BCUT2D eigenvalue weighted by Crippen LogP contribution is -2.41. The molecule has 222 valence electrons. The van der Waals surface area contributed by atoms with Gasteiger partial charge in [-0.25, -0.2) is 13.2 Å². The highest BCUT2D eigenvalue weighted by molar-refractivity contribution is 7.92. The smallest absolute Gasteiger partial charge is 0.326 e. The van der Waals surface area contributed by atoms with E-state index >= 15 is 0 Å². The van der Waals surface area contributed by atoms with Crippen molar-refractivity contribution in [1.29, 1.82) is 0 Å². The molecule has 0 fully saturated rings. The van der Waals surface area contributed by atoms with Gasteiger partial charge in [0.25, 0.3) is 0 Å². The van der Waals surface area contributed by atoms with Crippen LogP contribution in [0.1, 0.15) is 90.4 Å². The van der Waals surface area contributed by atoms with Gasteiger partial charge in [-0.05, 0) is 38.5 Å². The van der Waals surface area contributed by atoms with Crippen LogP contribution in [0, 0.1) is 5.92 Å². The van der Waals surface area contributed by atoms with E-state index in [2.05, 4.69) is 5.32 Å². The van der Waals surface area contributed by atoms with Crippen molar-refractivity contribution in [3.8, 4) is 0 Å². The monoisotopic (exact) mass is 577 g/mol. The normalized spacial score (nSPS) is 12.7. The second-order valence-electron chi connectivity index (χ2n) is 9.41. The average Bonchev–Trinajstić information content (AvgIpc) is 2.81. The summed E-state index contributed by atoms with van der Waals surface area (Å²) in [5, 5.41) is 29.2. The van der Waals surface area contributed by atoms with Crippen LogP contribution in [-0.4, -0.2) is 82.4 Å². The minimum atomic E-state index is -3.70. The highest BCUT2D eigenvalue weighted by Gasteiger charge is 2.24. The summed E-state index contributed by atoms with van der Waals surface area (Å²) in [6.07, 6.45) is 0.0469. The number of Topliss-reactive ketones (excluding diaryl/α,β-unsaturated/α-hetero) is 3. The summed E-state index contributed by atoms with van der Waals surface area (Å²) in [7, 11) is -3.70. The van der Waals surface area contributed by atoms with Gasteiger partial charge >= 0.3 is 17.9 Å². The van der Waals surface area contributed by atoms with Crippen molar-refractivity contribution in [1.82, 2.24) is 5.32 Å². The van der Waals surface area contributed by atoms with Gasteiger partial charge in [-0.2, -0.15) is 0 Å². The van der Waals surface area contributed by atoms with Crippen molar-refractivity contribution in [2.45, 2.75) is 96.4 Å². The first-order chi connectivity index (χ1) is 18.2. The highest BCUT2D eigenvalue weighted by atomic mass is 32.2. The van der Waals surface area contributed by atoms with Crippen molar-refractivity contribution in [3.63, 3.8) is 0 Å². The van der Waals surface area contributed by atoms with Gasteiger partial charge in [-0.15, -0.1) is 0 Å². The summed E-state index contributed by atoms with van der Waals surface area (Å²) in [6.45, 7) is 1.63. The van der Waals surface area contributed by atoms with Crippen LogP contribution in [0.25, 0.3) is 0 Å². The molecule has 0 radical (unpaired) electrons. The molecule has 0 saturated heterocycles. The molecule has 0 heterocycles. The third kappa shape index (κ3) is 18.7. The molecule has 0 aromatic carbocycles. The van der Waals surface area contributed by atoms with Crippen molar-refractivity contribution in [2.75, 3.05) is 11.5 Å². The largest absolute Gasteiger partial charge is 0.481 e. The summed E-state index contributed by atoms with van der Waals surface area (Å²) in [5.74, 6) is -7.13. The predicted octanol–water partition coefficient (Wildman–Crippen LogP) is 1.55. The molecule has 14 heteroatoms. The molecule has 0 aromatic rings. The molecule has 0 saturated carbocycles. The maximum absolute atomic E-state index is 12.1. The van der Waals surface area contributed by atoms with Crippen LogP contribution in [0.15, 0.2) is 0 Å². The Morgan fingerprint density at radius 1 is 0.692 bits per heavy atom. The molecule has 0 spiro atoms. The topological polar surface area (TPSA) is 226 Å². The van der Waals surface area contributed by atoms with Gasteiger partial charge in [-0.1, -0.05) is 6.92 Å². The molecule has 0 aromatic heterocycles. The first kappa shape index (κ1) is 35.8. The third-order valence-corrected chi connectivity index (χ3v) is 7.58. The molecular formula is C25H39NO12S. The van der Waals surface area contributed by atoms with Crippen LogP contribution in [0.3, 0.4) is 0 Å². The van der Waals surface area contributed by atoms with E-state index in [0.717, 1.165) is 0 Å². The Morgan fingerprint density at radius 3 is 1.85 bits per heavy atom. The Kier molecular flexibility index (Phi) is 17.4. The molecule has 2 atom stereocenters. The maximum Gasteiger partial charge on any atom is 0.326 e. The van der Waals surface area contributed by atoms with Crippen molar-refractivity contribution >= 4 is 51.0 Å². The Hall–Kier alpha value is -3.16. The SMILES string of the molecule is CCC(CC(=O)CCC(NC(=O)CCCCC(=O)CCCS(=O)(=O)CC(=O)CCCC(=O)O)C(=O)O)C(=O)O. The lowest BCUT2D eigenvalue weighted by Gasteiger charge is -2.15. The van der Waals surface area contributed by atoms with Gasteiger partial charge in [0.05, 0.1) is 11.7 Å². The number of hydrogen-bond acceptors (Lipinski definition) is 9. The number of unbranched alkanes of at least 4 members (excludes halogenated alkanes) is 1. The quantitative estimate of drug-likeness (QED) is 0.120. The number of hydrogen-bond donors (Lipinski definition) is 4. The van der Waals surface area contributed by atoms with Gasteiger partial charge in [-0.3, -0.25) is 28.8 Å². The Morgan fingerprint density at radius 2 is 1.28 bits per heavy atom. The Labute approximate surface area is 227 Å². The van der Waals surface area contributed by atoms with Gasteiger partial charge in [0, 0.05) is 44.9 Å². The number of carboxylic acids is 3. The molecule has 39 heavy (non-hydrogen) atoms. The van der Waals surface area contributed by atoms with Gasteiger partial charge in [0.15, 0.2) is 9.84 Å². The predicted molar refractivity (Wildman–Crippen MR) is 138 cm³/mol. The van der Waals surface area contributed by atoms with Crippen LogP contribution in [0.2, 0.25) is 0 Å². The number of carbonyl (C=O) groups is 7. The summed E-state index contributed by atoms with van der Waals surface area (Å²) in [5.41, 5.74) is 0. The molecule has 2 unspecified atom stereocenters. The van der Waals surface area contributed by atoms with Crippen LogP contribution < -0.4 is 5.32 Å². The van der Waals surface area contributed by atoms with Gasteiger partial charge in [0.1, 0.15) is 29.1 Å². The maximum atomic E-state index is 12.1. The Bertz CT molecular complexity index is 989. The Balaban J connectivity index is 4.25. The fourth-order valence-electron chi connectivity index (χ4n) is 3.66. The zero-order valence-electron chi connectivity index (χ0n) is 22.2. The number of rotatable bonds is 24. The first-order valence-corrected chi connectivity index (χ1v) is 14.7. The molecule has 0 aliphatic rings. The highest BCUT2D eigenvalue weighted by Crippen LogP contribution is 2.13. The molecule has 0 aliphatic heterocycles. The molecule has 1 amide bonds. The van der Waals surface area contributed by atoms with Crippen LogP contribution >= 0.6 is 0 Å². The minimum absolute atomic E-state index is 0.0193. The van der Waals surface area contributed by atoms with E-state index in [0.29, 0.717) is 6.42 Å². The lowest BCUT2D eigenvalue weighted by molar-refractivity contribution is -0.144. The van der Waals surface area contributed by atoms with E-state index in [1.54, 1.807) is 6.92 Å². The molecule has 0 rings (SSSR count). The summed E-state index contributed by atoms with van der Waals surface area (Å²) in [6, 6.07) is -1.31. The molecule has 0 bridgehead atoms. The minimum Gasteiger partial charge on any atom is -0.481 e. The average molecular weight is 578 g/mol. The van der Waals surface area contributed by atoms with E-state index in [1.807, 2.05) is 0 Å². The lowest BCUT2D eigenvalue weighted by atomic mass is 9.96. The summed E-state index contributed by atoms with van der Waals surface area (Å²) >= 11 is 0. The second kappa shape index (κ2) is 19.0.